The number of nitrogens with one attached hydrogen (secondary N) is 2. The van der Waals surface area contributed by atoms with Gasteiger partial charge in [-0.2, -0.15) is 0 Å². The highest BCUT2D eigenvalue weighted by Crippen LogP contribution is 2.38. The van der Waals surface area contributed by atoms with Crippen molar-refractivity contribution in [3.05, 3.63) is 17.7 Å². The molecule has 3 rings (SSSR count). The van der Waals surface area contributed by atoms with E-state index in [0.29, 0.717) is 43.1 Å². The molecule has 2 heterocycles. The largest absolute Gasteiger partial charge is 0.454 e. The smallest absolute Gasteiger partial charge is 0.321 e. The van der Waals surface area contributed by atoms with Crippen LogP contribution in [0.2, 0.25) is 0 Å². The number of ether oxygens (including phenoxy) is 2. The third-order valence-electron chi connectivity index (χ3n) is 4.64. The van der Waals surface area contributed by atoms with Crippen LogP contribution in [0.1, 0.15) is 32.3 Å². The van der Waals surface area contributed by atoms with Gasteiger partial charge >= 0.3 is 6.03 Å². The lowest BCUT2D eigenvalue weighted by Gasteiger charge is -2.32. The number of carbonyl (C=O) groups excluding carboxylic acids is 1. The van der Waals surface area contributed by atoms with Crippen molar-refractivity contribution >= 4 is 21.7 Å². The van der Waals surface area contributed by atoms with Gasteiger partial charge in [0.25, 0.3) is 0 Å². The number of carbonyl (C=O) groups is 1. The first-order valence-electron chi connectivity index (χ1n) is 8.73. The number of rotatable bonds is 4. The molecule has 0 spiro atoms. The van der Waals surface area contributed by atoms with E-state index in [1.807, 2.05) is 13.0 Å². The van der Waals surface area contributed by atoms with Crippen molar-refractivity contribution in [2.45, 2.75) is 44.9 Å². The second kappa shape index (κ2) is 7.32. The van der Waals surface area contributed by atoms with E-state index in [4.69, 9.17) is 9.47 Å². The van der Waals surface area contributed by atoms with Crippen molar-refractivity contribution in [3.63, 3.8) is 0 Å². The molecule has 0 aliphatic carbocycles. The molecule has 0 saturated carbocycles. The summed E-state index contributed by atoms with van der Waals surface area (Å²) in [4.78, 5) is 14.2. The van der Waals surface area contributed by atoms with Gasteiger partial charge in [-0.05, 0) is 45.2 Å². The molecule has 1 fully saturated rings. The van der Waals surface area contributed by atoms with Gasteiger partial charge in [0, 0.05) is 30.9 Å². The molecule has 144 valence electrons. The van der Waals surface area contributed by atoms with Crippen LogP contribution in [-0.2, 0) is 10.0 Å². The summed E-state index contributed by atoms with van der Waals surface area (Å²) in [5, 5.41) is 2.42. The summed E-state index contributed by atoms with van der Waals surface area (Å²) >= 11 is 0. The van der Waals surface area contributed by atoms with Crippen molar-refractivity contribution in [3.8, 4) is 11.5 Å². The Hall–Kier alpha value is -2.00. The Morgan fingerprint density at radius 3 is 2.58 bits per heavy atom. The van der Waals surface area contributed by atoms with Gasteiger partial charge in [-0.3, -0.25) is 0 Å². The number of sulfonamides is 1. The van der Waals surface area contributed by atoms with Crippen LogP contribution in [-0.4, -0.2) is 50.5 Å². The normalized spacial score (nSPS) is 17.6. The lowest BCUT2D eigenvalue weighted by molar-refractivity contribution is 0.173. The Labute approximate surface area is 153 Å². The van der Waals surface area contributed by atoms with Gasteiger partial charge in [0.15, 0.2) is 11.5 Å². The second-order valence-electron chi connectivity index (χ2n) is 6.93. The van der Waals surface area contributed by atoms with Crippen LogP contribution in [0.5, 0.6) is 11.5 Å². The number of piperidine rings is 1. The molecule has 0 unspecified atom stereocenters. The molecule has 0 radical (unpaired) electrons. The predicted octanol–water partition coefficient (Wildman–Crippen LogP) is 2.05. The molecule has 2 amide bonds. The van der Waals surface area contributed by atoms with E-state index in [2.05, 4.69) is 10.0 Å². The summed E-state index contributed by atoms with van der Waals surface area (Å²) in [6.45, 7) is 6.39. The fourth-order valence-electron chi connectivity index (χ4n) is 3.03. The first-order chi connectivity index (χ1) is 12.3. The molecule has 2 aliphatic heterocycles. The van der Waals surface area contributed by atoms with E-state index in [1.165, 1.54) is 0 Å². The summed E-state index contributed by atoms with van der Waals surface area (Å²) in [7, 11) is -3.29. The average Bonchev–Trinajstić information content (AvgIpc) is 3.04. The summed E-state index contributed by atoms with van der Waals surface area (Å²) in [6.07, 6.45) is 1.19. The number of amides is 2. The fourth-order valence-corrected chi connectivity index (χ4v) is 4.00. The SMILES string of the molecule is Cc1cc(NC(=O)N2CCC(NS(=O)(=O)C(C)C)CC2)cc2c1OCO2. The molecule has 9 heteroatoms. The standard InChI is InChI=1S/C17H25N3O5S/c1-11(2)26(22,23)19-13-4-6-20(7-5-13)17(21)18-14-8-12(3)16-15(9-14)24-10-25-16/h8-9,11,13,19H,4-7,10H2,1-3H3,(H,18,21). The van der Waals surface area contributed by atoms with Crippen LogP contribution >= 0.6 is 0 Å². The maximum absolute atomic E-state index is 12.5. The first-order valence-corrected chi connectivity index (χ1v) is 10.3. The monoisotopic (exact) mass is 383 g/mol. The molecule has 2 N–H and O–H groups in total. The Morgan fingerprint density at radius 2 is 1.92 bits per heavy atom. The maximum Gasteiger partial charge on any atom is 0.321 e. The lowest BCUT2D eigenvalue weighted by Crippen LogP contribution is -2.48. The summed E-state index contributed by atoms with van der Waals surface area (Å²) in [6, 6.07) is 3.26. The second-order valence-corrected chi connectivity index (χ2v) is 9.20. The van der Waals surface area contributed by atoms with Crippen LogP contribution in [0.25, 0.3) is 0 Å². The van der Waals surface area contributed by atoms with E-state index in [1.54, 1.807) is 24.8 Å². The number of hydrogen-bond acceptors (Lipinski definition) is 5. The van der Waals surface area contributed by atoms with Gasteiger partial charge in [0.2, 0.25) is 16.8 Å². The van der Waals surface area contributed by atoms with Gasteiger partial charge in [-0.1, -0.05) is 0 Å². The van der Waals surface area contributed by atoms with Crippen molar-refractivity contribution < 1.29 is 22.7 Å². The molecule has 2 aliphatic rings. The third-order valence-corrected chi connectivity index (χ3v) is 6.55. The molecular formula is C17H25N3O5S. The zero-order valence-corrected chi connectivity index (χ0v) is 16.1. The number of likely N-dealkylation sites (tertiary alicyclic amines) is 1. The number of hydrogen-bond donors (Lipinski definition) is 2. The van der Waals surface area contributed by atoms with Crippen LogP contribution < -0.4 is 19.5 Å². The van der Waals surface area contributed by atoms with E-state index in [9.17, 15) is 13.2 Å². The number of anilines is 1. The quantitative estimate of drug-likeness (QED) is 0.829. The molecular weight excluding hydrogens is 358 g/mol. The Kier molecular flexibility index (Phi) is 5.29. The van der Waals surface area contributed by atoms with Crippen molar-refractivity contribution in [1.29, 1.82) is 0 Å². The minimum absolute atomic E-state index is 0.126. The Bertz CT molecular complexity index is 786. The number of aryl methyl sites for hydroxylation is 1. The number of urea groups is 1. The van der Waals surface area contributed by atoms with Gasteiger partial charge in [0.05, 0.1) is 5.25 Å². The summed E-state index contributed by atoms with van der Waals surface area (Å²) in [5.74, 6) is 1.34. The number of nitrogens with zero attached hydrogens (tertiary/aromatic N) is 1. The molecule has 8 nitrogen and oxygen atoms in total. The molecule has 26 heavy (non-hydrogen) atoms. The molecule has 1 aromatic carbocycles. The first kappa shape index (κ1) is 18.8. The highest BCUT2D eigenvalue weighted by molar-refractivity contribution is 7.90. The van der Waals surface area contributed by atoms with Gasteiger partial charge in [-0.15, -0.1) is 0 Å². The van der Waals surface area contributed by atoms with Crippen LogP contribution in [0.15, 0.2) is 12.1 Å². The zero-order valence-electron chi connectivity index (χ0n) is 15.2. The van der Waals surface area contributed by atoms with Gasteiger partial charge < -0.3 is 19.7 Å². The van der Waals surface area contributed by atoms with E-state index < -0.39 is 15.3 Å². The Balaban J connectivity index is 1.55. The van der Waals surface area contributed by atoms with Crippen LogP contribution in [0.3, 0.4) is 0 Å². The average molecular weight is 383 g/mol. The summed E-state index contributed by atoms with van der Waals surface area (Å²) < 4.78 is 37.4. The number of fused-ring (bicyclic) bond motifs is 1. The zero-order chi connectivity index (χ0) is 18.9. The van der Waals surface area contributed by atoms with Crippen molar-refractivity contribution in [1.82, 2.24) is 9.62 Å². The number of benzene rings is 1. The topological polar surface area (TPSA) is 97.0 Å². The fraction of sp³-hybridized carbons (Fsp3) is 0.588. The van der Waals surface area contributed by atoms with Gasteiger partial charge in [0.1, 0.15) is 0 Å². The molecule has 0 bridgehead atoms. The lowest BCUT2D eigenvalue weighted by atomic mass is 10.1. The predicted molar refractivity (Wildman–Crippen MR) is 98.1 cm³/mol. The molecule has 1 saturated heterocycles. The molecule has 0 atom stereocenters. The molecule has 1 aromatic rings. The highest BCUT2D eigenvalue weighted by atomic mass is 32.2. The van der Waals surface area contributed by atoms with Crippen LogP contribution in [0, 0.1) is 6.92 Å². The minimum atomic E-state index is -3.29. The summed E-state index contributed by atoms with van der Waals surface area (Å²) in [5.41, 5.74) is 1.55. The third kappa shape index (κ3) is 4.04. The highest BCUT2D eigenvalue weighted by Gasteiger charge is 2.27. The van der Waals surface area contributed by atoms with Crippen molar-refractivity contribution in [2.24, 2.45) is 0 Å². The maximum atomic E-state index is 12.5. The van der Waals surface area contributed by atoms with E-state index in [-0.39, 0.29) is 18.9 Å². The minimum Gasteiger partial charge on any atom is -0.454 e. The molecule has 0 aromatic heterocycles. The van der Waals surface area contributed by atoms with Gasteiger partial charge in [-0.25, -0.2) is 17.9 Å². The van der Waals surface area contributed by atoms with E-state index >= 15 is 0 Å². The van der Waals surface area contributed by atoms with Crippen molar-refractivity contribution in [2.75, 3.05) is 25.2 Å². The van der Waals surface area contributed by atoms with Crippen LogP contribution in [0.4, 0.5) is 10.5 Å². The van der Waals surface area contributed by atoms with E-state index in [0.717, 1.165) is 5.56 Å². The Morgan fingerprint density at radius 1 is 1.23 bits per heavy atom.